The molecule has 7 heteroatoms. The third-order valence-corrected chi connectivity index (χ3v) is 3.39. The summed E-state index contributed by atoms with van der Waals surface area (Å²) in [6.45, 7) is 10.0. The number of nitrogens with two attached hydrogens (primary N) is 1. The third kappa shape index (κ3) is 4.57. The van der Waals surface area contributed by atoms with Crippen LogP contribution in [0.4, 0.5) is 17.1 Å². The number of rotatable bonds is 8. The van der Waals surface area contributed by atoms with Gasteiger partial charge in [-0.25, -0.2) is 0 Å². The van der Waals surface area contributed by atoms with Crippen molar-refractivity contribution in [2.24, 2.45) is 5.84 Å². The topological polar surface area (TPSA) is 96.5 Å². The van der Waals surface area contributed by atoms with Crippen molar-refractivity contribution in [2.75, 3.05) is 23.8 Å². The molecule has 0 fully saturated rings. The van der Waals surface area contributed by atoms with Crippen molar-refractivity contribution in [3.05, 3.63) is 28.3 Å². The van der Waals surface area contributed by atoms with Gasteiger partial charge < -0.3 is 10.7 Å². The maximum absolute atomic E-state index is 11.2. The number of para-hydroxylation sites is 1. The molecule has 0 bridgehead atoms. The number of nitrogen functional groups attached to an aromatic ring is 1. The Morgan fingerprint density at radius 3 is 2.29 bits per heavy atom. The predicted molar refractivity (Wildman–Crippen MR) is 86.4 cm³/mol. The summed E-state index contributed by atoms with van der Waals surface area (Å²) < 4.78 is 0. The second kappa shape index (κ2) is 7.80. The summed E-state index contributed by atoms with van der Waals surface area (Å²) >= 11 is 0. The van der Waals surface area contributed by atoms with Gasteiger partial charge in [-0.3, -0.25) is 20.9 Å². The molecule has 0 amide bonds. The maximum Gasteiger partial charge on any atom is 0.316 e. The van der Waals surface area contributed by atoms with Crippen molar-refractivity contribution in [3.8, 4) is 0 Å². The molecule has 0 heterocycles. The summed E-state index contributed by atoms with van der Waals surface area (Å²) in [5.41, 5.74) is 3.11. The van der Waals surface area contributed by atoms with Gasteiger partial charge in [-0.15, -0.1) is 0 Å². The van der Waals surface area contributed by atoms with Crippen molar-refractivity contribution < 1.29 is 4.92 Å². The second-order valence-electron chi connectivity index (χ2n) is 5.46. The molecule has 0 radical (unpaired) electrons. The van der Waals surface area contributed by atoms with Crippen LogP contribution >= 0.6 is 0 Å². The lowest BCUT2D eigenvalue weighted by Gasteiger charge is -2.30. The van der Waals surface area contributed by atoms with E-state index in [1.54, 1.807) is 18.2 Å². The molecule has 7 nitrogen and oxygen atoms in total. The molecule has 1 rings (SSSR count). The molecule has 1 aromatic carbocycles. The first-order valence-electron chi connectivity index (χ1n) is 7.12. The second-order valence-corrected chi connectivity index (χ2v) is 5.46. The predicted octanol–water partition coefficient (Wildman–Crippen LogP) is 2.41. The molecule has 118 valence electrons. The van der Waals surface area contributed by atoms with Crippen molar-refractivity contribution in [1.82, 2.24) is 4.90 Å². The van der Waals surface area contributed by atoms with Crippen LogP contribution in [0.5, 0.6) is 0 Å². The van der Waals surface area contributed by atoms with Crippen LogP contribution in [0.2, 0.25) is 0 Å². The SMILES string of the molecule is CC(C)N(CCNc1cccc(NN)c1[N+](=O)[O-])C(C)C. The molecule has 0 aliphatic carbocycles. The first-order valence-corrected chi connectivity index (χ1v) is 7.12. The molecule has 0 spiro atoms. The van der Waals surface area contributed by atoms with E-state index in [4.69, 9.17) is 5.84 Å². The van der Waals surface area contributed by atoms with Crippen molar-refractivity contribution in [3.63, 3.8) is 0 Å². The number of nitro benzene ring substituents is 1. The number of nitrogens with zero attached hydrogens (tertiary/aromatic N) is 2. The molecule has 21 heavy (non-hydrogen) atoms. The Balaban J connectivity index is 2.78. The number of hydrogen-bond donors (Lipinski definition) is 3. The maximum atomic E-state index is 11.2. The van der Waals surface area contributed by atoms with Crippen LogP contribution in [0.1, 0.15) is 27.7 Å². The Morgan fingerprint density at radius 2 is 1.81 bits per heavy atom. The highest BCUT2D eigenvalue weighted by Gasteiger charge is 2.19. The summed E-state index contributed by atoms with van der Waals surface area (Å²) in [7, 11) is 0. The van der Waals surface area contributed by atoms with Gasteiger partial charge in [0.25, 0.3) is 0 Å². The summed E-state index contributed by atoms with van der Waals surface area (Å²) in [5, 5.41) is 14.3. The molecule has 0 aliphatic heterocycles. The molecule has 0 atom stereocenters. The van der Waals surface area contributed by atoms with Gasteiger partial charge in [-0.1, -0.05) is 6.07 Å². The zero-order chi connectivity index (χ0) is 16.0. The zero-order valence-electron chi connectivity index (χ0n) is 13.1. The molecule has 0 unspecified atom stereocenters. The van der Waals surface area contributed by atoms with Gasteiger partial charge in [0.2, 0.25) is 0 Å². The van der Waals surface area contributed by atoms with Gasteiger partial charge in [0.15, 0.2) is 0 Å². The zero-order valence-corrected chi connectivity index (χ0v) is 13.1. The molecule has 0 saturated carbocycles. The number of hydrazine groups is 1. The Labute approximate surface area is 125 Å². The fourth-order valence-corrected chi connectivity index (χ4v) is 2.43. The van der Waals surface area contributed by atoms with Gasteiger partial charge in [-0.05, 0) is 39.8 Å². The lowest BCUT2D eigenvalue weighted by Crippen LogP contribution is -2.40. The first-order chi connectivity index (χ1) is 9.88. The fraction of sp³-hybridized carbons (Fsp3) is 0.571. The largest absolute Gasteiger partial charge is 0.378 e. The van der Waals surface area contributed by atoms with E-state index in [9.17, 15) is 10.1 Å². The van der Waals surface area contributed by atoms with Gasteiger partial charge in [0, 0.05) is 25.2 Å². The lowest BCUT2D eigenvalue weighted by atomic mass is 10.2. The smallest absolute Gasteiger partial charge is 0.316 e. The van der Waals surface area contributed by atoms with E-state index >= 15 is 0 Å². The average Bonchev–Trinajstić information content (AvgIpc) is 2.41. The van der Waals surface area contributed by atoms with E-state index in [1.807, 2.05) is 0 Å². The van der Waals surface area contributed by atoms with Crippen molar-refractivity contribution in [2.45, 2.75) is 39.8 Å². The van der Waals surface area contributed by atoms with Crippen molar-refractivity contribution >= 4 is 17.1 Å². The summed E-state index contributed by atoms with van der Waals surface area (Å²) in [4.78, 5) is 13.1. The van der Waals surface area contributed by atoms with Crippen LogP contribution < -0.4 is 16.6 Å². The number of anilines is 2. The highest BCUT2D eigenvalue weighted by molar-refractivity contribution is 5.75. The molecule has 1 aromatic rings. The van der Waals surface area contributed by atoms with Gasteiger partial charge in [-0.2, -0.15) is 0 Å². The quantitative estimate of drug-likeness (QED) is 0.387. The van der Waals surface area contributed by atoms with E-state index in [0.717, 1.165) is 6.54 Å². The average molecular weight is 295 g/mol. The monoisotopic (exact) mass is 295 g/mol. The Kier molecular flexibility index (Phi) is 6.39. The van der Waals surface area contributed by atoms with Crippen LogP contribution in [0, 0.1) is 10.1 Å². The standard InChI is InChI=1S/C14H25N5O2/c1-10(2)18(11(3)4)9-8-16-12-6-5-7-13(17-15)14(12)19(20)21/h5-7,10-11,16-17H,8-9,15H2,1-4H3. The van der Waals surface area contributed by atoms with E-state index in [0.29, 0.717) is 30.0 Å². The minimum Gasteiger partial charge on any atom is -0.378 e. The van der Waals surface area contributed by atoms with E-state index in [1.165, 1.54) is 0 Å². The van der Waals surface area contributed by atoms with Crippen LogP contribution in [0.15, 0.2) is 18.2 Å². The van der Waals surface area contributed by atoms with Crippen LogP contribution in [-0.4, -0.2) is 35.0 Å². The summed E-state index contributed by atoms with van der Waals surface area (Å²) in [5.74, 6) is 5.32. The third-order valence-electron chi connectivity index (χ3n) is 3.39. The van der Waals surface area contributed by atoms with E-state index in [-0.39, 0.29) is 5.69 Å². The van der Waals surface area contributed by atoms with Gasteiger partial charge >= 0.3 is 5.69 Å². The summed E-state index contributed by atoms with van der Waals surface area (Å²) in [6, 6.07) is 5.86. The van der Waals surface area contributed by atoms with E-state index < -0.39 is 4.92 Å². The number of benzene rings is 1. The van der Waals surface area contributed by atoms with Gasteiger partial charge in [0.05, 0.1) is 4.92 Å². The number of hydrogen-bond acceptors (Lipinski definition) is 6. The minimum absolute atomic E-state index is 0.0272. The Bertz CT molecular complexity index is 468. The number of nitro groups is 1. The molecular formula is C14H25N5O2. The fourth-order valence-electron chi connectivity index (χ4n) is 2.43. The van der Waals surface area contributed by atoms with E-state index in [2.05, 4.69) is 43.3 Å². The molecule has 0 aromatic heterocycles. The van der Waals surface area contributed by atoms with Gasteiger partial charge in [0.1, 0.15) is 11.4 Å². The van der Waals surface area contributed by atoms with Crippen LogP contribution in [0.3, 0.4) is 0 Å². The Hall–Kier alpha value is -1.86. The molecule has 0 saturated heterocycles. The molecule has 4 N–H and O–H groups in total. The van der Waals surface area contributed by atoms with Crippen LogP contribution in [0.25, 0.3) is 0 Å². The normalized spacial score (nSPS) is 11.2. The van der Waals surface area contributed by atoms with Crippen LogP contribution in [-0.2, 0) is 0 Å². The number of nitrogens with one attached hydrogen (secondary N) is 2. The minimum atomic E-state index is -0.430. The molecule has 0 aliphatic rings. The summed E-state index contributed by atoms with van der Waals surface area (Å²) in [6.07, 6.45) is 0. The molecular weight excluding hydrogens is 270 g/mol. The highest BCUT2D eigenvalue weighted by Crippen LogP contribution is 2.31. The lowest BCUT2D eigenvalue weighted by molar-refractivity contribution is -0.383. The first kappa shape index (κ1) is 17.2. The Morgan fingerprint density at radius 1 is 1.24 bits per heavy atom. The highest BCUT2D eigenvalue weighted by atomic mass is 16.6. The van der Waals surface area contributed by atoms with Crippen molar-refractivity contribution in [1.29, 1.82) is 0 Å².